The van der Waals surface area contributed by atoms with Gasteiger partial charge in [0, 0.05) is 29.3 Å². The number of amides is 2. The summed E-state index contributed by atoms with van der Waals surface area (Å²) in [6.45, 7) is 0.451. The van der Waals surface area contributed by atoms with Crippen LogP contribution in [0.2, 0.25) is 5.02 Å². The lowest BCUT2D eigenvalue weighted by molar-refractivity contribution is 0.0684. The van der Waals surface area contributed by atoms with E-state index in [2.05, 4.69) is 21.2 Å². The number of aryl methyl sites for hydroxylation is 1. The summed E-state index contributed by atoms with van der Waals surface area (Å²) in [7, 11) is 0. The lowest BCUT2D eigenvalue weighted by atomic mass is 9.94. The molecule has 144 valence electrons. The average molecular weight is 464 g/mol. The van der Waals surface area contributed by atoms with Crippen LogP contribution in [0.5, 0.6) is 0 Å². The number of carboxylic acid groups (broad SMARTS) is 1. The fourth-order valence-corrected chi connectivity index (χ4v) is 4.11. The van der Waals surface area contributed by atoms with Gasteiger partial charge in [-0.3, -0.25) is 14.9 Å². The number of imide groups is 1. The van der Waals surface area contributed by atoms with Gasteiger partial charge in [0.1, 0.15) is 5.69 Å². The first kappa shape index (κ1) is 18.7. The molecule has 2 N–H and O–H groups in total. The topological polar surface area (TPSA) is 88.4 Å². The van der Waals surface area contributed by atoms with E-state index in [0.717, 1.165) is 0 Å². The van der Waals surface area contributed by atoms with E-state index in [1.54, 1.807) is 34.9 Å². The third-order valence-corrected chi connectivity index (χ3v) is 5.68. The van der Waals surface area contributed by atoms with E-state index < -0.39 is 17.8 Å². The number of rotatable bonds is 5. The predicted molar refractivity (Wildman–Crippen MR) is 112 cm³/mol. The molecule has 4 rings (SSSR count). The summed E-state index contributed by atoms with van der Waals surface area (Å²) in [6, 6.07) is 10.2. The minimum atomic E-state index is -1.09. The number of nitrogens with one attached hydrogen (secondary N) is 1. The summed E-state index contributed by atoms with van der Waals surface area (Å²) < 4.78 is 1.66. The second kappa shape index (κ2) is 7.07. The zero-order valence-corrected chi connectivity index (χ0v) is 16.8. The van der Waals surface area contributed by atoms with Crippen LogP contribution in [-0.2, 0) is 6.54 Å². The Labute approximate surface area is 174 Å². The van der Waals surface area contributed by atoms with Crippen molar-refractivity contribution in [3.8, 4) is 11.1 Å². The average Bonchev–Trinajstić information content (AvgIpc) is 3.17. The molecule has 0 aliphatic carbocycles. The molecule has 6 nitrogen and oxygen atoms in total. The number of aromatic carboxylic acids is 1. The van der Waals surface area contributed by atoms with Gasteiger partial charge in [-0.1, -0.05) is 45.7 Å². The molecule has 1 aromatic heterocycles. The van der Waals surface area contributed by atoms with Gasteiger partial charge in [0.15, 0.2) is 0 Å². The van der Waals surface area contributed by atoms with Crippen molar-refractivity contribution in [3.63, 3.8) is 0 Å². The molecule has 0 unspecified atom stereocenters. The zero-order valence-electron chi connectivity index (χ0n) is 14.5. The van der Waals surface area contributed by atoms with E-state index in [4.69, 9.17) is 11.6 Å². The Morgan fingerprint density at radius 2 is 1.86 bits per heavy atom. The minimum absolute atomic E-state index is 0. The van der Waals surface area contributed by atoms with Crippen molar-refractivity contribution in [2.45, 2.75) is 13.0 Å². The predicted octanol–water partition coefficient (Wildman–Crippen LogP) is 4.57. The molecule has 2 aromatic carbocycles. The molecule has 2 heterocycles. The standard InChI is InChI=1S/C20H14BrClN2O4.H2/c21-6-3-7-24-14-8-11(10-4-1-2-5-13(10)22)16-17(19(26)23-18(16)25)12(14)9-15(24)20(27)28;/h1-2,4-5,8-9H,3,6-7H2,(H,27,28)(H,23,25,26);1H. The largest absolute Gasteiger partial charge is 0.477 e. The Morgan fingerprint density at radius 1 is 1.14 bits per heavy atom. The fraction of sp³-hybridized carbons (Fsp3) is 0.150. The van der Waals surface area contributed by atoms with Gasteiger partial charge >= 0.3 is 5.97 Å². The van der Waals surface area contributed by atoms with Crippen LogP contribution < -0.4 is 5.32 Å². The Bertz CT molecular complexity index is 1170. The van der Waals surface area contributed by atoms with Crippen LogP contribution >= 0.6 is 27.5 Å². The number of aromatic nitrogens is 1. The van der Waals surface area contributed by atoms with Gasteiger partial charge in [-0.25, -0.2) is 4.79 Å². The first-order valence-corrected chi connectivity index (χ1v) is 10.0. The van der Waals surface area contributed by atoms with E-state index in [-0.39, 0.29) is 18.2 Å². The highest BCUT2D eigenvalue weighted by molar-refractivity contribution is 9.09. The number of carbonyl (C=O) groups excluding carboxylic acids is 2. The molecule has 0 fully saturated rings. The number of hydrogen-bond donors (Lipinski definition) is 2. The van der Waals surface area contributed by atoms with Crippen LogP contribution in [0.25, 0.3) is 22.0 Å². The molecular formula is C20H16BrClN2O4. The van der Waals surface area contributed by atoms with Crippen molar-refractivity contribution in [2.75, 3.05) is 5.33 Å². The van der Waals surface area contributed by atoms with Crippen molar-refractivity contribution in [2.24, 2.45) is 0 Å². The van der Waals surface area contributed by atoms with Gasteiger partial charge in [-0.2, -0.15) is 0 Å². The van der Waals surface area contributed by atoms with Crippen molar-refractivity contribution < 1.29 is 20.9 Å². The second-order valence-corrected chi connectivity index (χ2v) is 7.60. The van der Waals surface area contributed by atoms with Crippen molar-refractivity contribution in [1.29, 1.82) is 0 Å². The van der Waals surface area contributed by atoms with Gasteiger partial charge in [0.25, 0.3) is 11.8 Å². The van der Waals surface area contributed by atoms with E-state index in [0.29, 0.717) is 45.3 Å². The molecule has 28 heavy (non-hydrogen) atoms. The Hall–Kier alpha value is -2.64. The number of halogens is 2. The van der Waals surface area contributed by atoms with Gasteiger partial charge < -0.3 is 9.67 Å². The maximum atomic E-state index is 12.5. The summed E-state index contributed by atoms with van der Waals surface area (Å²) >= 11 is 9.71. The molecule has 0 saturated carbocycles. The number of benzene rings is 2. The number of carboxylic acids is 1. The molecule has 0 spiro atoms. The summed E-state index contributed by atoms with van der Waals surface area (Å²) in [5.74, 6) is -2.14. The number of fused-ring (bicyclic) bond motifs is 3. The summed E-state index contributed by atoms with van der Waals surface area (Å²) in [5, 5.41) is 13.5. The van der Waals surface area contributed by atoms with Gasteiger partial charge in [-0.15, -0.1) is 0 Å². The molecule has 2 amide bonds. The van der Waals surface area contributed by atoms with Gasteiger partial charge in [0.05, 0.1) is 16.6 Å². The second-order valence-electron chi connectivity index (χ2n) is 6.40. The number of alkyl halides is 1. The monoisotopic (exact) mass is 462 g/mol. The molecule has 0 radical (unpaired) electrons. The van der Waals surface area contributed by atoms with E-state index in [9.17, 15) is 19.5 Å². The Kier molecular flexibility index (Phi) is 4.72. The zero-order chi connectivity index (χ0) is 20.0. The molecule has 1 aliphatic heterocycles. The third-order valence-electron chi connectivity index (χ3n) is 4.79. The van der Waals surface area contributed by atoms with E-state index in [1.165, 1.54) is 6.07 Å². The van der Waals surface area contributed by atoms with Crippen LogP contribution in [0, 0.1) is 0 Å². The maximum Gasteiger partial charge on any atom is 0.352 e. The highest BCUT2D eigenvalue weighted by Gasteiger charge is 2.34. The quantitative estimate of drug-likeness (QED) is 0.428. The van der Waals surface area contributed by atoms with Crippen LogP contribution in [0.4, 0.5) is 0 Å². The Balaban J connectivity index is 0.00000240. The highest BCUT2D eigenvalue weighted by atomic mass is 79.9. The third kappa shape index (κ3) is 2.82. The smallest absolute Gasteiger partial charge is 0.352 e. The summed E-state index contributed by atoms with van der Waals surface area (Å²) in [4.78, 5) is 36.8. The van der Waals surface area contributed by atoms with Crippen molar-refractivity contribution in [3.05, 3.63) is 58.2 Å². The molecule has 0 atom stereocenters. The first-order valence-electron chi connectivity index (χ1n) is 8.54. The SMILES string of the molecule is O=C1NC(=O)c2c1c(-c1ccccc1Cl)cc1c2cc(C(=O)O)n1CCCBr.[HH]. The molecule has 8 heteroatoms. The van der Waals surface area contributed by atoms with Crippen LogP contribution in [0.15, 0.2) is 36.4 Å². The number of carbonyl (C=O) groups is 3. The lowest BCUT2D eigenvalue weighted by Crippen LogP contribution is -2.20. The van der Waals surface area contributed by atoms with Crippen molar-refractivity contribution in [1.82, 2.24) is 9.88 Å². The minimum Gasteiger partial charge on any atom is -0.477 e. The molecule has 0 saturated heterocycles. The van der Waals surface area contributed by atoms with Crippen LogP contribution in [0.3, 0.4) is 0 Å². The Morgan fingerprint density at radius 3 is 2.54 bits per heavy atom. The molecule has 0 bridgehead atoms. The molecule has 1 aliphatic rings. The first-order chi connectivity index (χ1) is 13.4. The van der Waals surface area contributed by atoms with Gasteiger partial charge in [-0.05, 0) is 30.2 Å². The van der Waals surface area contributed by atoms with E-state index in [1.807, 2.05) is 0 Å². The summed E-state index contributed by atoms with van der Waals surface area (Å²) in [5.41, 5.74) is 2.18. The van der Waals surface area contributed by atoms with E-state index >= 15 is 0 Å². The summed E-state index contributed by atoms with van der Waals surface area (Å²) in [6.07, 6.45) is 0.702. The molecule has 3 aromatic rings. The normalized spacial score (nSPS) is 13.1. The van der Waals surface area contributed by atoms with Crippen molar-refractivity contribution >= 4 is 56.2 Å². The van der Waals surface area contributed by atoms with Crippen LogP contribution in [0.1, 0.15) is 39.1 Å². The number of nitrogens with zero attached hydrogens (tertiary/aromatic N) is 1. The lowest BCUT2D eigenvalue weighted by Gasteiger charge is -2.12. The maximum absolute atomic E-state index is 12.5. The van der Waals surface area contributed by atoms with Gasteiger partial charge in [0.2, 0.25) is 0 Å². The van der Waals surface area contributed by atoms with Crippen LogP contribution in [-0.4, -0.2) is 32.8 Å². The number of hydrogen-bond acceptors (Lipinski definition) is 3. The molecular weight excluding hydrogens is 448 g/mol. The fourth-order valence-electron chi connectivity index (χ4n) is 3.63. The highest BCUT2D eigenvalue weighted by Crippen LogP contribution is 2.39.